The van der Waals surface area contributed by atoms with E-state index in [0.717, 1.165) is 0 Å². The molecule has 8 nitrogen and oxygen atoms in total. The molecule has 1 atom stereocenters. The summed E-state index contributed by atoms with van der Waals surface area (Å²) in [6, 6.07) is 0. The summed E-state index contributed by atoms with van der Waals surface area (Å²) in [4.78, 5) is 42.8. The molecule has 0 rings (SSSR count). The van der Waals surface area contributed by atoms with Gasteiger partial charge >= 0.3 is 23.9 Å². The standard InChI is InChI=1S/C12H18O8/c1-6(8(11(17)18)12(19)20)4-2-3-5-7(9(13)14)10(15)16/h6-8H,2-5H2,1H3,(H,13,14)(H,15,16)(H,17,18)(H,19,20). The minimum absolute atomic E-state index is 0.0673. The average Bonchev–Trinajstić information content (AvgIpc) is 2.26. The van der Waals surface area contributed by atoms with E-state index < -0.39 is 41.6 Å². The maximum Gasteiger partial charge on any atom is 0.318 e. The van der Waals surface area contributed by atoms with Gasteiger partial charge < -0.3 is 20.4 Å². The zero-order valence-corrected chi connectivity index (χ0v) is 11.0. The van der Waals surface area contributed by atoms with E-state index in [1.54, 1.807) is 0 Å². The molecule has 0 heterocycles. The molecule has 20 heavy (non-hydrogen) atoms. The number of hydrogen-bond donors (Lipinski definition) is 4. The van der Waals surface area contributed by atoms with Crippen LogP contribution < -0.4 is 0 Å². The highest BCUT2D eigenvalue weighted by Crippen LogP contribution is 2.21. The van der Waals surface area contributed by atoms with Crippen molar-refractivity contribution in [3.63, 3.8) is 0 Å². The first-order chi connectivity index (χ1) is 9.18. The van der Waals surface area contributed by atoms with E-state index in [2.05, 4.69) is 0 Å². The molecule has 0 aromatic heterocycles. The fraction of sp³-hybridized carbons (Fsp3) is 0.667. The highest BCUT2D eigenvalue weighted by molar-refractivity contribution is 5.93. The molecule has 0 saturated carbocycles. The second-order valence-electron chi connectivity index (χ2n) is 4.64. The summed E-state index contributed by atoms with van der Waals surface area (Å²) < 4.78 is 0. The lowest BCUT2D eigenvalue weighted by Crippen LogP contribution is -2.29. The number of hydrogen-bond acceptors (Lipinski definition) is 4. The van der Waals surface area contributed by atoms with Crippen LogP contribution in [0.15, 0.2) is 0 Å². The van der Waals surface area contributed by atoms with Gasteiger partial charge in [-0.2, -0.15) is 0 Å². The third kappa shape index (κ3) is 5.68. The van der Waals surface area contributed by atoms with Gasteiger partial charge in [0.1, 0.15) is 0 Å². The molecule has 0 spiro atoms. The number of aliphatic carboxylic acids is 4. The maximum atomic E-state index is 10.8. The van der Waals surface area contributed by atoms with E-state index in [0.29, 0.717) is 6.42 Å². The third-order valence-electron chi connectivity index (χ3n) is 3.10. The molecule has 114 valence electrons. The molecule has 0 aromatic rings. The maximum absolute atomic E-state index is 10.8. The van der Waals surface area contributed by atoms with Crippen LogP contribution in [0.25, 0.3) is 0 Å². The van der Waals surface area contributed by atoms with Gasteiger partial charge in [-0.05, 0) is 18.8 Å². The quantitative estimate of drug-likeness (QED) is 0.340. The van der Waals surface area contributed by atoms with Gasteiger partial charge in [0.05, 0.1) is 0 Å². The van der Waals surface area contributed by atoms with E-state index in [4.69, 9.17) is 20.4 Å². The molecule has 0 saturated heterocycles. The first-order valence-electron chi connectivity index (χ1n) is 6.09. The lowest BCUT2D eigenvalue weighted by Gasteiger charge is -2.16. The van der Waals surface area contributed by atoms with Gasteiger partial charge in [0.15, 0.2) is 11.8 Å². The van der Waals surface area contributed by atoms with Gasteiger partial charge in [0.25, 0.3) is 0 Å². The van der Waals surface area contributed by atoms with Gasteiger partial charge in [0.2, 0.25) is 0 Å². The van der Waals surface area contributed by atoms with Crippen LogP contribution in [0.3, 0.4) is 0 Å². The minimum atomic E-state index is -1.51. The summed E-state index contributed by atoms with van der Waals surface area (Å²) in [6.45, 7) is 1.48. The molecule has 1 unspecified atom stereocenters. The number of rotatable bonds is 10. The molecule has 0 fully saturated rings. The van der Waals surface area contributed by atoms with Crippen molar-refractivity contribution in [3.05, 3.63) is 0 Å². The van der Waals surface area contributed by atoms with Crippen molar-refractivity contribution in [1.29, 1.82) is 0 Å². The van der Waals surface area contributed by atoms with Gasteiger partial charge in [-0.25, -0.2) is 0 Å². The molecule has 0 bridgehead atoms. The Bertz CT molecular complexity index is 361. The molecule has 0 aliphatic heterocycles. The Morgan fingerprint density at radius 1 is 0.750 bits per heavy atom. The molecule has 0 aliphatic carbocycles. The molecular formula is C12H18O8. The highest BCUT2D eigenvalue weighted by Gasteiger charge is 2.31. The normalized spacial score (nSPS) is 12.3. The van der Waals surface area contributed by atoms with Crippen LogP contribution in [0.5, 0.6) is 0 Å². The minimum Gasteiger partial charge on any atom is -0.481 e. The summed E-state index contributed by atoms with van der Waals surface area (Å²) in [5, 5.41) is 34.8. The van der Waals surface area contributed by atoms with Crippen molar-refractivity contribution in [2.45, 2.75) is 32.6 Å². The van der Waals surface area contributed by atoms with E-state index in [-0.39, 0.29) is 19.3 Å². The van der Waals surface area contributed by atoms with Gasteiger partial charge in [-0.1, -0.05) is 19.8 Å². The van der Waals surface area contributed by atoms with Crippen LogP contribution in [-0.2, 0) is 19.2 Å². The van der Waals surface area contributed by atoms with Crippen molar-refractivity contribution in [1.82, 2.24) is 0 Å². The van der Waals surface area contributed by atoms with Crippen LogP contribution in [0, 0.1) is 17.8 Å². The molecule has 0 radical (unpaired) electrons. The predicted octanol–water partition coefficient (Wildman–Crippen LogP) is 0.754. The van der Waals surface area contributed by atoms with Crippen molar-refractivity contribution in [2.75, 3.05) is 0 Å². The van der Waals surface area contributed by atoms with Crippen LogP contribution in [-0.4, -0.2) is 44.3 Å². The summed E-state index contributed by atoms with van der Waals surface area (Å²) in [6.07, 6.45) is 0.853. The van der Waals surface area contributed by atoms with E-state index >= 15 is 0 Å². The van der Waals surface area contributed by atoms with E-state index in [9.17, 15) is 19.2 Å². The van der Waals surface area contributed by atoms with Gasteiger partial charge in [-0.3, -0.25) is 19.2 Å². The van der Waals surface area contributed by atoms with Crippen LogP contribution in [0.1, 0.15) is 32.6 Å². The third-order valence-corrected chi connectivity index (χ3v) is 3.10. The zero-order valence-electron chi connectivity index (χ0n) is 11.0. The number of unbranched alkanes of at least 4 members (excludes halogenated alkanes) is 1. The van der Waals surface area contributed by atoms with Crippen molar-refractivity contribution in [3.8, 4) is 0 Å². The molecule has 0 amide bonds. The first-order valence-corrected chi connectivity index (χ1v) is 6.09. The van der Waals surface area contributed by atoms with Crippen LogP contribution in [0.2, 0.25) is 0 Å². The molecular weight excluding hydrogens is 272 g/mol. The van der Waals surface area contributed by atoms with Crippen LogP contribution in [0.4, 0.5) is 0 Å². The smallest absolute Gasteiger partial charge is 0.318 e. The number of carboxylic acid groups (broad SMARTS) is 4. The Morgan fingerprint density at radius 3 is 1.50 bits per heavy atom. The Hall–Kier alpha value is -2.12. The molecule has 8 heteroatoms. The predicted molar refractivity (Wildman–Crippen MR) is 65.2 cm³/mol. The molecule has 0 aromatic carbocycles. The Kier molecular flexibility index (Phi) is 7.27. The second-order valence-corrected chi connectivity index (χ2v) is 4.64. The Labute approximate surface area is 115 Å². The highest BCUT2D eigenvalue weighted by atomic mass is 16.4. The van der Waals surface area contributed by atoms with E-state index in [1.807, 2.05) is 0 Å². The topological polar surface area (TPSA) is 149 Å². The van der Waals surface area contributed by atoms with Crippen LogP contribution >= 0.6 is 0 Å². The van der Waals surface area contributed by atoms with Gasteiger partial charge in [0, 0.05) is 0 Å². The summed E-state index contributed by atoms with van der Waals surface area (Å²) in [5.41, 5.74) is 0. The average molecular weight is 290 g/mol. The summed E-state index contributed by atoms with van der Waals surface area (Å²) >= 11 is 0. The number of carboxylic acids is 4. The summed E-state index contributed by atoms with van der Waals surface area (Å²) in [7, 11) is 0. The lowest BCUT2D eigenvalue weighted by molar-refractivity contribution is -0.157. The monoisotopic (exact) mass is 290 g/mol. The Morgan fingerprint density at radius 2 is 1.15 bits per heavy atom. The first kappa shape index (κ1) is 17.9. The van der Waals surface area contributed by atoms with E-state index in [1.165, 1.54) is 6.92 Å². The summed E-state index contributed by atoms with van der Waals surface area (Å²) in [5.74, 6) is -9.28. The van der Waals surface area contributed by atoms with Gasteiger partial charge in [-0.15, -0.1) is 0 Å². The fourth-order valence-corrected chi connectivity index (χ4v) is 1.93. The van der Waals surface area contributed by atoms with Crippen molar-refractivity contribution in [2.24, 2.45) is 17.8 Å². The second kappa shape index (κ2) is 8.13. The Balaban J connectivity index is 4.23. The van der Waals surface area contributed by atoms with Crippen molar-refractivity contribution >= 4 is 23.9 Å². The lowest BCUT2D eigenvalue weighted by atomic mass is 9.88. The SMILES string of the molecule is CC(CCCCC(C(=O)O)C(=O)O)C(C(=O)O)C(=O)O. The zero-order chi connectivity index (χ0) is 15.9. The fourth-order valence-electron chi connectivity index (χ4n) is 1.93. The van der Waals surface area contributed by atoms with Crippen molar-refractivity contribution < 1.29 is 39.6 Å². The number of carbonyl (C=O) groups is 4. The molecule has 0 aliphatic rings. The molecule has 4 N–H and O–H groups in total. The largest absolute Gasteiger partial charge is 0.481 e.